The summed E-state index contributed by atoms with van der Waals surface area (Å²) >= 11 is 1.55. The van der Waals surface area contributed by atoms with Gasteiger partial charge in [0.25, 0.3) is 0 Å². The van der Waals surface area contributed by atoms with E-state index in [-0.39, 0.29) is 18.1 Å². The Hall–Kier alpha value is -2.86. The molecule has 28 heavy (non-hydrogen) atoms. The monoisotopic (exact) mass is 395 g/mol. The van der Waals surface area contributed by atoms with Crippen LogP contribution in [-0.2, 0) is 6.42 Å². The third-order valence-electron chi connectivity index (χ3n) is 4.36. The van der Waals surface area contributed by atoms with Crippen LogP contribution in [0.3, 0.4) is 0 Å². The van der Waals surface area contributed by atoms with E-state index in [2.05, 4.69) is 15.6 Å². The first-order valence-corrected chi connectivity index (χ1v) is 10.1. The number of rotatable bonds is 7. The van der Waals surface area contributed by atoms with Crippen molar-refractivity contribution in [2.75, 3.05) is 7.11 Å². The van der Waals surface area contributed by atoms with E-state index in [0.717, 1.165) is 34.0 Å². The van der Waals surface area contributed by atoms with E-state index in [1.165, 1.54) is 0 Å². The van der Waals surface area contributed by atoms with Gasteiger partial charge in [0.1, 0.15) is 10.8 Å². The molecule has 0 aliphatic heterocycles. The fourth-order valence-corrected chi connectivity index (χ4v) is 3.79. The lowest BCUT2D eigenvalue weighted by atomic mass is 10.1. The predicted octanol–water partition coefficient (Wildman–Crippen LogP) is 4.81. The van der Waals surface area contributed by atoms with Crippen molar-refractivity contribution in [1.29, 1.82) is 0 Å². The van der Waals surface area contributed by atoms with Crippen LogP contribution in [0.1, 0.15) is 30.5 Å². The molecule has 0 saturated carbocycles. The van der Waals surface area contributed by atoms with Crippen molar-refractivity contribution in [2.24, 2.45) is 0 Å². The zero-order valence-corrected chi connectivity index (χ0v) is 17.1. The second kappa shape index (κ2) is 9.37. The molecule has 2 unspecified atom stereocenters. The molecule has 0 aliphatic rings. The van der Waals surface area contributed by atoms with E-state index in [9.17, 15) is 4.79 Å². The summed E-state index contributed by atoms with van der Waals surface area (Å²) in [5, 5.41) is 8.87. The Morgan fingerprint density at radius 3 is 2.64 bits per heavy atom. The Bertz CT molecular complexity index is 911. The average molecular weight is 396 g/mol. The average Bonchev–Trinajstić information content (AvgIpc) is 3.19. The standard InChI is InChI=1S/C22H25N3O2S/c1-15(12-17-8-7-11-19(13-17)27-3)23-22(26)24-16(2)21-25-20(14-28-21)18-9-5-4-6-10-18/h4-11,13-16H,12H2,1-3H3,(H2,23,24,26). The first kappa shape index (κ1) is 19.9. The highest BCUT2D eigenvalue weighted by Gasteiger charge is 2.15. The van der Waals surface area contributed by atoms with Crippen LogP contribution >= 0.6 is 11.3 Å². The number of hydrogen-bond donors (Lipinski definition) is 2. The summed E-state index contributed by atoms with van der Waals surface area (Å²) in [6.45, 7) is 3.93. The fourth-order valence-electron chi connectivity index (χ4n) is 2.96. The maximum atomic E-state index is 12.4. The van der Waals surface area contributed by atoms with Crippen LogP contribution in [0, 0.1) is 0 Å². The number of methoxy groups -OCH3 is 1. The van der Waals surface area contributed by atoms with Gasteiger partial charge in [0, 0.05) is 17.0 Å². The lowest BCUT2D eigenvalue weighted by Crippen LogP contribution is -2.42. The van der Waals surface area contributed by atoms with Gasteiger partial charge in [-0.2, -0.15) is 0 Å². The molecule has 2 N–H and O–H groups in total. The minimum Gasteiger partial charge on any atom is -0.497 e. The first-order valence-electron chi connectivity index (χ1n) is 9.26. The molecule has 0 saturated heterocycles. The second-order valence-electron chi connectivity index (χ2n) is 6.73. The highest BCUT2D eigenvalue weighted by Crippen LogP contribution is 2.25. The van der Waals surface area contributed by atoms with Crippen LogP contribution in [0.2, 0.25) is 0 Å². The summed E-state index contributed by atoms with van der Waals surface area (Å²) < 4.78 is 5.25. The number of thiazole rings is 1. The molecule has 0 spiro atoms. The van der Waals surface area contributed by atoms with Gasteiger partial charge < -0.3 is 15.4 Å². The molecule has 3 rings (SSSR count). The van der Waals surface area contributed by atoms with Gasteiger partial charge in [0.15, 0.2) is 0 Å². The number of carbonyl (C=O) groups excluding carboxylic acids is 1. The number of nitrogens with zero attached hydrogens (tertiary/aromatic N) is 1. The predicted molar refractivity (Wildman–Crippen MR) is 114 cm³/mol. The van der Waals surface area contributed by atoms with E-state index in [1.807, 2.05) is 73.8 Å². The van der Waals surface area contributed by atoms with Crippen LogP contribution in [0.4, 0.5) is 4.79 Å². The summed E-state index contributed by atoms with van der Waals surface area (Å²) in [7, 11) is 1.65. The number of benzene rings is 2. The van der Waals surface area contributed by atoms with Gasteiger partial charge in [-0.15, -0.1) is 11.3 Å². The summed E-state index contributed by atoms with van der Waals surface area (Å²) in [4.78, 5) is 17.0. The highest BCUT2D eigenvalue weighted by molar-refractivity contribution is 7.10. The van der Waals surface area contributed by atoms with Crippen molar-refractivity contribution < 1.29 is 9.53 Å². The van der Waals surface area contributed by atoms with Crippen molar-refractivity contribution in [3.8, 4) is 17.0 Å². The lowest BCUT2D eigenvalue weighted by molar-refractivity contribution is 0.234. The normalized spacial score (nSPS) is 12.8. The number of nitrogens with one attached hydrogen (secondary N) is 2. The summed E-state index contributed by atoms with van der Waals surface area (Å²) in [6, 6.07) is 17.6. The van der Waals surface area contributed by atoms with Crippen LogP contribution in [0.25, 0.3) is 11.3 Å². The van der Waals surface area contributed by atoms with E-state index >= 15 is 0 Å². The van der Waals surface area contributed by atoms with E-state index in [4.69, 9.17) is 4.74 Å². The summed E-state index contributed by atoms with van der Waals surface area (Å²) in [5.74, 6) is 0.820. The Balaban J connectivity index is 1.53. The van der Waals surface area contributed by atoms with Crippen molar-refractivity contribution in [3.05, 3.63) is 70.5 Å². The van der Waals surface area contributed by atoms with Gasteiger partial charge in [-0.3, -0.25) is 0 Å². The van der Waals surface area contributed by atoms with E-state index in [0.29, 0.717) is 0 Å². The molecule has 146 valence electrons. The molecule has 0 fully saturated rings. The third-order valence-corrected chi connectivity index (χ3v) is 5.39. The molecule has 2 aromatic carbocycles. The van der Waals surface area contributed by atoms with Crippen molar-refractivity contribution >= 4 is 17.4 Å². The zero-order chi connectivity index (χ0) is 19.9. The number of aromatic nitrogens is 1. The maximum absolute atomic E-state index is 12.4. The number of amides is 2. The number of hydrogen-bond acceptors (Lipinski definition) is 4. The maximum Gasteiger partial charge on any atom is 0.315 e. The molecule has 5 nitrogen and oxygen atoms in total. The Morgan fingerprint density at radius 2 is 1.89 bits per heavy atom. The SMILES string of the molecule is COc1cccc(CC(C)NC(=O)NC(C)c2nc(-c3ccccc3)cs2)c1. The summed E-state index contributed by atoms with van der Waals surface area (Å²) in [5.41, 5.74) is 3.13. The molecule has 2 atom stereocenters. The molecule has 0 bridgehead atoms. The third kappa shape index (κ3) is 5.33. The van der Waals surface area contributed by atoms with E-state index in [1.54, 1.807) is 18.4 Å². The van der Waals surface area contributed by atoms with Crippen LogP contribution in [0.5, 0.6) is 5.75 Å². The van der Waals surface area contributed by atoms with Crippen molar-refractivity contribution in [2.45, 2.75) is 32.4 Å². The van der Waals surface area contributed by atoms with Crippen LogP contribution in [0.15, 0.2) is 60.0 Å². The largest absolute Gasteiger partial charge is 0.497 e. The smallest absolute Gasteiger partial charge is 0.315 e. The minimum atomic E-state index is -0.195. The van der Waals surface area contributed by atoms with E-state index < -0.39 is 0 Å². The molecule has 0 aliphatic carbocycles. The minimum absolute atomic E-state index is 0.00418. The van der Waals surface area contributed by atoms with Crippen LogP contribution in [-0.4, -0.2) is 24.2 Å². The van der Waals surface area contributed by atoms with Gasteiger partial charge in [-0.05, 0) is 38.0 Å². The first-order chi connectivity index (χ1) is 13.5. The topological polar surface area (TPSA) is 63.2 Å². The molecular formula is C22H25N3O2S. The van der Waals surface area contributed by atoms with Crippen LogP contribution < -0.4 is 15.4 Å². The zero-order valence-electron chi connectivity index (χ0n) is 16.3. The summed E-state index contributed by atoms with van der Waals surface area (Å²) in [6.07, 6.45) is 0.731. The Morgan fingerprint density at radius 1 is 1.11 bits per heavy atom. The van der Waals surface area contributed by atoms with Gasteiger partial charge in [0.2, 0.25) is 0 Å². The van der Waals surface area contributed by atoms with Crippen molar-refractivity contribution in [3.63, 3.8) is 0 Å². The van der Waals surface area contributed by atoms with Gasteiger partial charge in [-0.1, -0.05) is 42.5 Å². The fraction of sp³-hybridized carbons (Fsp3) is 0.273. The van der Waals surface area contributed by atoms with Gasteiger partial charge >= 0.3 is 6.03 Å². The van der Waals surface area contributed by atoms with Crippen molar-refractivity contribution in [1.82, 2.24) is 15.6 Å². The molecule has 1 heterocycles. The Kier molecular flexibility index (Phi) is 6.66. The molecule has 3 aromatic rings. The molecule has 0 radical (unpaired) electrons. The second-order valence-corrected chi connectivity index (χ2v) is 7.62. The molecule has 1 aromatic heterocycles. The molecule has 6 heteroatoms. The van der Waals surface area contributed by atoms with Gasteiger partial charge in [0.05, 0.1) is 18.8 Å². The lowest BCUT2D eigenvalue weighted by Gasteiger charge is -2.17. The number of ether oxygens (including phenoxy) is 1. The molecular weight excluding hydrogens is 370 g/mol. The molecule has 2 amide bonds. The quantitative estimate of drug-likeness (QED) is 0.603. The number of urea groups is 1. The number of carbonyl (C=O) groups is 1. The van der Waals surface area contributed by atoms with Gasteiger partial charge in [-0.25, -0.2) is 9.78 Å². The Labute approximate surface area is 169 Å². The highest BCUT2D eigenvalue weighted by atomic mass is 32.1.